The van der Waals surface area contributed by atoms with Crippen molar-refractivity contribution >= 4 is 28.5 Å². The molecule has 0 radical (unpaired) electrons. The van der Waals surface area contributed by atoms with Crippen molar-refractivity contribution in [3.63, 3.8) is 0 Å². The first kappa shape index (κ1) is 21.8. The van der Waals surface area contributed by atoms with Gasteiger partial charge in [0.05, 0.1) is 23.6 Å². The molecule has 2 atom stereocenters. The second kappa shape index (κ2) is 8.09. The summed E-state index contributed by atoms with van der Waals surface area (Å²) in [6.45, 7) is 3.51. The van der Waals surface area contributed by atoms with Gasteiger partial charge >= 0.3 is 6.16 Å². The third-order valence-corrected chi connectivity index (χ3v) is 6.93. The number of anilines is 1. The number of piperidine rings is 1. The van der Waals surface area contributed by atoms with Gasteiger partial charge in [0, 0.05) is 25.2 Å². The maximum absolute atomic E-state index is 15.9. The van der Waals surface area contributed by atoms with Crippen molar-refractivity contribution in [2.45, 2.75) is 44.7 Å². The number of nitrogens with zero attached hydrogens (tertiary/aromatic N) is 3. The summed E-state index contributed by atoms with van der Waals surface area (Å²) in [5.41, 5.74) is -1.08. The van der Waals surface area contributed by atoms with Gasteiger partial charge in [0.25, 0.3) is 0 Å². The maximum Gasteiger partial charge on any atom is 0.511 e. The monoisotopic (exact) mass is 461 g/mol. The third kappa shape index (κ3) is 3.86. The number of pyridine rings is 1. The molecule has 2 aromatic rings. The lowest BCUT2D eigenvalue weighted by molar-refractivity contribution is -0.119. The molecule has 2 aliphatic heterocycles. The van der Waals surface area contributed by atoms with Crippen LogP contribution in [0.15, 0.2) is 17.1 Å². The molecule has 3 fully saturated rings. The Morgan fingerprint density at radius 2 is 1.97 bits per heavy atom. The van der Waals surface area contributed by atoms with Crippen LogP contribution in [-0.4, -0.2) is 58.7 Å². The molecule has 176 valence electrons. The quantitative estimate of drug-likeness (QED) is 0.684. The van der Waals surface area contributed by atoms with Gasteiger partial charge in [0.1, 0.15) is 17.3 Å². The minimum atomic E-state index is -1.67. The first-order valence-electron chi connectivity index (χ1n) is 11.2. The van der Waals surface area contributed by atoms with Crippen LogP contribution in [0.25, 0.3) is 10.9 Å². The van der Waals surface area contributed by atoms with Gasteiger partial charge in [-0.1, -0.05) is 0 Å². The highest BCUT2D eigenvalue weighted by atomic mass is 19.1. The summed E-state index contributed by atoms with van der Waals surface area (Å²) >= 11 is 0. The number of hydrogen-bond donors (Lipinski definition) is 1. The number of rotatable bonds is 5. The van der Waals surface area contributed by atoms with E-state index < -0.39 is 29.0 Å². The molecule has 5 rings (SSSR count). The summed E-state index contributed by atoms with van der Waals surface area (Å²) < 4.78 is 37.3. The lowest BCUT2D eigenvalue weighted by Crippen LogP contribution is -2.47. The Bertz CT molecular complexity index is 1210. The molecule has 1 aliphatic carbocycles. The van der Waals surface area contributed by atoms with Crippen molar-refractivity contribution in [1.29, 1.82) is 0 Å². The molecule has 0 amide bonds. The zero-order valence-corrected chi connectivity index (χ0v) is 18.2. The number of aromatic nitrogens is 1. The molecule has 3 heterocycles. The van der Waals surface area contributed by atoms with E-state index in [1.165, 1.54) is 10.8 Å². The Hall–Kier alpha value is -3.01. The number of ether oxygens (including phenoxy) is 1. The number of hydrogen-bond acceptors (Lipinski definition) is 6. The van der Waals surface area contributed by atoms with Gasteiger partial charge in [-0.2, -0.15) is 0 Å². The summed E-state index contributed by atoms with van der Waals surface area (Å²) in [6.07, 6.45) is 2.88. The second-order valence-electron chi connectivity index (χ2n) is 9.29. The van der Waals surface area contributed by atoms with Crippen molar-refractivity contribution in [3.8, 4) is 5.75 Å². The molecule has 10 heteroatoms. The van der Waals surface area contributed by atoms with E-state index in [9.17, 15) is 14.4 Å². The minimum Gasteiger partial charge on any atom is -0.449 e. The number of halogens is 2. The van der Waals surface area contributed by atoms with Crippen molar-refractivity contribution in [2.75, 3.05) is 31.1 Å². The Kier molecular flexibility index (Phi) is 5.35. The van der Waals surface area contributed by atoms with E-state index in [4.69, 9.17) is 5.11 Å². The first-order chi connectivity index (χ1) is 15.7. The summed E-state index contributed by atoms with van der Waals surface area (Å²) in [7, 11) is 0. The lowest BCUT2D eigenvalue weighted by atomic mass is 9.92. The normalized spacial score (nSPS) is 23.1. The van der Waals surface area contributed by atoms with E-state index in [1.54, 1.807) is 11.8 Å². The van der Waals surface area contributed by atoms with E-state index in [2.05, 4.69) is 9.64 Å². The summed E-state index contributed by atoms with van der Waals surface area (Å²) in [5.74, 6) is -1.91. The van der Waals surface area contributed by atoms with Crippen LogP contribution < -0.4 is 15.1 Å². The predicted octanol–water partition coefficient (Wildman–Crippen LogP) is 3.16. The molecule has 1 aromatic heterocycles. The van der Waals surface area contributed by atoms with E-state index >= 15 is 8.78 Å². The number of carbonyl (C=O) groups is 2. The maximum atomic E-state index is 15.9. The van der Waals surface area contributed by atoms with Crippen molar-refractivity contribution in [1.82, 2.24) is 9.47 Å². The second-order valence-corrected chi connectivity index (χ2v) is 9.29. The Balaban J connectivity index is 1.59. The zero-order chi connectivity index (χ0) is 23.4. The molecule has 0 bridgehead atoms. The van der Waals surface area contributed by atoms with Gasteiger partial charge in [-0.25, -0.2) is 13.6 Å². The fourth-order valence-electron chi connectivity index (χ4n) is 5.44. The first-order valence-corrected chi connectivity index (χ1v) is 11.2. The molecule has 0 spiro atoms. The summed E-state index contributed by atoms with van der Waals surface area (Å²) in [4.78, 5) is 39.2. The molecule has 0 unspecified atom stereocenters. The highest BCUT2D eigenvalue weighted by molar-refractivity contribution is 5.86. The van der Waals surface area contributed by atoms with Crippen LogP contribution in [0.5, 0.6) is 5.75 Å². The van der Waals surface area contributed by atoms with Crippen LogP contribution in [0.2, 0.25) is 0 Å². The van der Waals surface area contributed by atoms with Gasteiger partial charge in [-0.05, 0) is 51.1 Å². The molecule has 33 heavy (non-hydrogen) atoms. The fraction of sp³-hybridized carbons (Fsp3) is 0.522. The third-order valence-electron chi connectivity index (χ3n) is 6.93. The highest BCUT2D eigenvalue weighted by Gasteiger charge is 2.41. The Morgan fingerprint density at radius 1 is 1.21 bits per heavy atom. The molecular formula is C23H25F2N3O5. The number of ketones is 1. The molecule has 1 saturated carbocycles. The van der Waals surface area contributed by atoms with Crippen molar-refractivity contribution in [3.05, 3.63) is 34.1 Å². The van der Waals surface area contributed by atoms with Gasteiger partial charge in [0.2, 0.25) is 5.43 Å². The zero-order valence-electron chi connectivity index (χ0n) is 18.2. The van der Waals surface area contributed by atoms with Crippen LogP contribution in [0.4, 0.5) is 19.3 Å². The number of likely N-dealkylation sites (tertiary alicyclic amines) is 1. The lowest BCUT2D eigenvalue weighted by Gasteiger charge is -2.36. The molecule has 1 aromatic carbocycles. The molecule has 8 nitrogen and oxygen atoms in total. The van der Waals surface area contributed by atoms with Gasteiger partial charge in [-0.15, -0.1) is 0 Å². The fourth-order valence-corrected chi connectivity index (χ4v) is 5.44. The topological polar surface area (TPSA) is 92.1 Å². The summed E-state index contributed by atoms with van der Waals surface area (Å²) in [5, 5.41) is 8.69. The number of carboxylic acid groups (broad SMARTS) is 1. The number of fused-ring (bicyclic) bond motifs is 2. The van der Waals surface area contributed by atoms with Crippen molar-refractivity contribution < 1.29 is 28.2 Å². The average Bonchev–Trinajstić information content (AvgIpc) is 3.49. The van der Waals surface area contributed by atoms with Crippen LogP contribution in [0, 0.1) is 17.6 Å². The summed E-state index contributed by atoms with van der Waals surface area (Å²) in [6, 6.07) is 0.914. The highest BCUT2D eigenvalue weighted by Crippen LogP contribution is 2.42. The molecular weight excluding hydrogens is 436 g/mol. The molecule has 2 saturated heterocycles. The SMILES string of the molecule is CC(=O)CN1CCC[C@H]2CN(c3c(F)cc4c(=O)c(OC(=O)O)cn(C5CC5)c4c3F)C[C@H]21. The Morgan fingerprint density at radius 3 is 2.64 bits per heavy atom. The Labute approximate surface area is 188 Å². The van der Waals surface area contributed by atoms with Gasteiger partial charge in [-0.3, -0.25) is 14.5 Å². The van der Waals surface area contributed by atoms with E-state index in [-0.39, 0.29) is 40.4 Å². The average molecular weight is 461 g/mol. The van der Waals surface area contributed by atoms with Gasteiger partial charge in [0.15, 0.2) is 11.6 Å². The standard InChI is InChI=1S/C23H25F2N3O5/c1-12(29)8-26-6-2-3-13-9-27(10-17(13)26)21-16(24)7-15-20(19(21)25)28(14-4-5-14)11-18(22(15)30)33-23(31)32/h7,11,13-14,17H,2-6,8-10H2,1H3,(H,31,32)/t13-,17+/m0/s1. The number of carbonyl (C=O) groups excluding carboxylic acids is 1. The predicted molar refractivity (Wildman–Crippen MR) is 116 cm³/mol. The van der Waals surface area contributed by atoms with E-state index in [0.717, 1.165) is 38.3 Å². The van der Waals surface area contributed by atoms with Gasteiger partial charge < -0.3 is 19.3 Å². The van der Waals surface area contributed by atoms with Crippen molar-refractivity contribution in [2.24, 2.45) is 5.92 Å². The number of Topliss-reactive ketones (excluding diaryl/α,β-unsaturated/α-hetero) is 1. The largest absolute Gasteiger partial charge is 0.511 e. The number of benzene rings is 1. The van der Waals surface area contributed by atoms with Crippen LogP contribution in [0.3, 0.4) is 0 Å². The van der Waals surface area contributed by atoms with Crippen LogP contribution in [-0.2, 0) is 4.79 Å². The molecule has 3 aliphatic rings. The van der Waals surface area contributed by atoms with E-state index in [0.29, 0.717) is 19.6 Å². The molecule has 1 N–H and O–H groups in total. The minimum absolute atomic E-state index is 0.0351. The smallest absolute Gasteiger partial charge is 0.449 e. The van der Waals surface area contributed by atoms with Crippen LogP contribution >= 0.6 is 0 Å². The van der Waals surface area contributed by atoms with Crippen LogP contribution in [0.1, 0.15) is 38.6 Å². The van der Waals surface area contributed by atoms with E-state index in [1.807, 2.05) is 0 Å².